The van der Waals surface area contributed by atoms with Gasteiger partial charge in [0.2, 0.25) is 0 Å². The van der Waals surface area contributed by atoms with Crippen LogP contribution in [0.25, 0.3) is 10.8 Å². The molecule has 2 rings (SSSR count). The van der Waals surface area contributed by atoms with Crippen molar-refractivity contribution in [1.29, 1.82) is 0 Å². The molecule has 2 aromatic heterocycles. The lowest BCUT2D eigenvalue weighted by Gasteiger charge is -1.90. The molecule has 0 saturated carbocycles. The molecule has 2 aromatic rings. The molecule has 0 aliphatic heterocycles. The third-order valence-electron chi connectivity index (χ3n) is 1.62. The topological polar surface area (TPSA) is 55.7 Å². The fourth-order valence-electron chi connectivity index (χ4n) is 0.948. The van der Waals surface area contributed by atoms with Gasteiger partial charge in [-0.05, 0) is 6.07 Å². The Morgan fingerprint density at radius 1 is 1.36 bits per heavy atom. The molecule has 0 unspecified atom stereocenters. The average molecular weight is 205 g/mol. The number of carbonyl (C=O) groups excluding carboxylic acids is 1. The summed E-state index contributed by atoms with van der Waals surface area (Å²) in [7, 11) is 0. The highest BCUT2D eigenvalue weighted by Gasteiger charge is 2.08. The van der Waals surface area contributed by atoms with Crippen LogP contribution in [0.15, 0.2) is 23.8 Å². The lowest BCUT2D eigenvalue weighted by Crippen LogP contribution is -1.92. The van der Waals surface area contributed by atoms with Crippen LogP contribution in [0.3, 0.4) is 0 Å². The van der Waals surface area contributed by atoms with Crippen molar-refractivity contribution in [3.63, 3.8) is 0 Å². The zero-order chi connectivity index (χ0) is 9.97. The van der Waals surface area contributed by atoms with Gasteiger partial charge in [0.15, 0.2) is 16.6 Å². The van der Waals surface area contributed by atoms with Crippen molar-refractivity contribution >= 4 is 17.1 Å². The van der Waals surface area contributed by atoms with Gasteiger partial charge in [0.25, 0.3) is 0 Å². The van der Waals surface area contributed by atoms with Crippen molar-refractivity contribution in [1.82, 2.24) is 15.0 Å². The van der Waals surface area contributed by atoms with E-state index in [-0.39, 0.29) is 5.78 Å². The van der Waals surface area contributed by atoms with Crippen LogP contribution in [-0.2, 0) is 0 Å². The Balaban J connectivity index is 2.39. The zero-order valence-electron chi connectivity index (χ0n) is 7.47. The smallest absolute Gasteiger partial charge is 0.188 e. The standard InChI is InChI=1S/C9H7N3OS/c1-6(13)7-5-14-9(12-7)8-10-3-2-4-11-8/h2-5H,1H3. The van der Waals surface area contributed by atoms with E-state index in [4.69, 9.17) is 0 Å². The molecular formula is C9H7N3OS. The second-order valence-corrected chi connectivity index (χ2v) is 3.52. The molecule has 5 heteroatoms. The van der Waals surface area contributed by atoms with Crippen LogP contribution in [0.4, 0.5) is 0 Å². The van der Waals surface area contributed by atoms with Gasteiger partial charge in [0.1, 0.15) is 5.69 Å². The van der Waals surface area contributed by atoms with Crippen LogP contribution in [-0.4, -0.2) is 20.7 Å². The monoisotopic (exact) mass is 205 g/mol. The maximum absolute atomic E-state index is 11.0. The van der Waals surface area contributed by atoms with Gasteiger partial charge < -0.3 is 0 Å². The molecule has 4 nitrogen and oxygen atoms in total. The summed E-state index contributed by atoms with van der Waals surface area (Å²) in [6.45, 7) is 1.49. The van der Waals surface area contributed by atoms with Crippen molar-refractivity contribution in [2.24, 2.45) is 0 Å². The first-order chi connectivity index (χ1) is 6.77. The van der Waals surface area contributed by atoms with Gasteiger partial charge in [-0.3, -0.25) is 4.79 Å². The Labute approximate surface area is 84.7 Å². The molecule has 70 valence electrons. The molecule has 0 fully saturated rings. The van der Waals surface area contributed by atoms with Gasteiger partial charge in [-0.1, -0.05) is 0 Å². The van der Waals surface area contributed by atoms with Crippen molar-refractivity contribution < 1.29 is 4.79 Å². The fourth-order valence-corrected chi connectivity index (χ4v) is 1.75. The molecule has 0 bridgehead atoms. The number of nitrogens with zero attached hydrogens (tertiary/aromatic N) is 3. The number of hydrogen-bond acceptors (Lipinski definition) is 5. The molecule has 14 heavy (non-hydrogen) atoms. The highest BCUT2D eigenvalue weighted by atomic mass is 32.1. The first-order valence-corrected chi connectivity index (χ1v) is 4.89. The largest absolute Gasteiger partial charge is 0.293 e. The van der Waals surface area contributed by atoms with E-state index >= 15 is 0 Å². The molecule has 0 aliphatic carbocycles. The number of hydrogen-bond donors (Lipinski definition) is 0. The van der Waals surface area contributed by atoms with Crippen molar-refractivity contribution in [2.45, 2.75) is 6.92 Å². The average Bonchev–Trinajstić information content (AvgIpc) is 2.68. The molecule has 0 atom stereocenters. The summed E-state index contributed by atoms with van der Waals surface area (Å²) >= 11 is 1.37. The van der Waals surface area contributed by atoms with Crippen LogP contribution < -0.4 is 0 Å². The molecule has 0 radical (unpaired) electrons. The first-order valence-electron chi connectivity index (χ1n) is 4.01. The number of aromatic nitrogens is 3. The van der Waals surface area contributed by atoms with Gasteiger partial charge >= 0.3 is 0 Å². The highest BCUT2D eigenvalue weighted by molar-refractivity contribution is 7.13. The van der Waals surface area contributed by atoms with E-state index in [1.165, 1.54) is 18.3 Å². The fraction of sp³-hybridized carbons (Fsp3) is 0.111. The van der Waals surface area contributed by atoms with E-state index in [2.05, 4.69) is 15.0 Å². The summed E-state index contributed by atoms with van der Waals surface area (Å²) in [4.78, 5) is 23.2. The normalized spacial score (nSPS) is 10.1. The minimum Gasteiger partial charge on any atom is -0.293 e. The van der Waals surface area contributed by atoms with Crippen LogP contribution in [0.1, 0.15) is 17.4 Å². The van der Waals surface area contributed by atoms with E-state index in [1.54, 1.807) is 23.8 Å². The third kappa shape index (κ3) is 1.67. The van der Waals surface area contributed by atoms with E-state index in [0.717, 1.165) is 0 Å². The predicted octanol–water partition coefficient (Wildman–Crippen LogP) is 1.80. The Morgan fingerprint density at radius 3 is 2.64 bits per heavy atom. The van der Waals surface area contributed by atoms with Crippen molar-refractivity contribution in [3.8, 4) is 10.8 Å². The maximum atomic E-state index is 11.0. The number of rotatable bonds is 2. The van der Waals surface area contributed by atoms with Gasteiger partial charge in [-0.25, -0.2) is 15.0 Å². The van der Waals surface area contributed by atoms with E-state index in [9.17, 15) is 4.79 Å². The summed E-state index contributed by atoms with van der Waals surface area (Å²) in [5, 5.41) is 2.39. The number of ketones is 1. The van der Waals surface area contributed by atoms with Gasteiger partial charge in [-0.15, -0.1) is 11.3 Å². The molecule has 0 aromatic carbocycles. The Morgan fingerprint density at radius 2 is 2.07 bits per heavy atom. The van der Waals surface area contributed by atoms with Crippen molar-refractivity contribution in [3.05, 3.63) is 29.5 Å². The van der Waals surface area contributed by atoms with E-state index in [1.807, 2.05) is 0 Å². The van der Waals surface area contributed by atoms with Gasteiger partial charge in [0, 0.05) is 24.7 Å². The Bertz CT molecular complexity index is 452. The summed E-state index contributed by atoms with van der Waals surface area (Å²) in [6, 6.07) is 1.74. The first kappa shape index (κ1) is 8.96. The van der Waals surface area contributed by atoms with E-state index < -0.39 is 0 Å². The lowest BCUT2D eigenvalue weighted by molar-refractivity contribution is 0.101. The van der Waals surface area contributed by atoms with Crippen LogP contribution in [0.5, 0.6) is 0 Å². The summed E-state index contributed by atoms with van der Waals surface area (Å²) in [6.07, 6.45) is 3.30. The molecule has 0 aliphatic rings. The number of Topliss-reactive ketones (excluding diaryl/α,β-unsaturated/α-hetero) is 1. The Hall–Kier alpha value is -1.62. The highest BCUT2D eigenvalue weighted by Crippen LogP contribution is 2.19. The lowest BCUT2D eigenvalue weighted by atomic mass is 10.3. The third-order valence-corrected chi connectivity index (χ3v) is 2.46. The molecular weight excluding hydrogens is 198 g/mol. The van der Waals surface area contributed by atoms with Crippen molar-refractivity contribution in [2.75, 3.05) is 0 Å². The Kier molecular flexibility index (Phi) is 2.32. The summed E-state index contributed by atoms with van der Waals surface area (Å²) in [5.74, 6) is 0.522. The molecule has 0 N–H and O–H groups in total. The van der Waals surface area contributed by atoms with Crippen LogP contribution in [0, 0.1) is 0 Å². The van der Waals surface area contributed by atoms with Gasteiger partial charge in [0.05, 0.1) is 0 Å². The maximum Gasteiger partial charge on any atom is 0.188 e. The number of thiazole rings is 1. The minimum atomic E-state index is -0.0385. The quantitative estimate of drug-likeness (QED) is 0.701. The van der Waals surface area contributed by atoms with Gasteiger partial charge in [-0.2, -0.15) is 0 Å². The predicted molar refractivity (Wildman–Crippen MR) is 53.1 cm³/mol. The molecule has 2 heterocycles. The van der Waals surface area contributed by atoms with E-state index in [0.29, 0.717) is 16.5 Å². The number of carbonyl (C=O) groups is 1. The van der Waals surface area contributed by atoms with Crippen LogP contribution >= 0.6 is 11.3 Å². The second-order valence-electron chi connectivity index (χ2n) is 2.67. The molecule has 0 amide bonds. The second kappa shape index (κ2) is 3.63. The molecule has 0 saturated heterocycles. The SMILES string of the molecule is CC(=O)c1csc(-c2ncccn2)n1. The summed E-state index contributed by atoms with van der Waals surface area (Å²) in [5.41, 5.74) is 0.470. The minimum absolute atomic E-state index is 0.0385. The van der Waals surface area contributed by atoms with Crippen LogP contribution in [0.2, 0.25) is 0 Å². The molecule has 0 spiro atoms. The summed E-state index contributed by atoms with van der Waals surface area (Å²) < 4.78 is 0. The zero-order valence-corrected chi connectivity index (χ0v) is 8.28.